The van der Waals surface area contributed by atoms with Gasteiger partial charge in [-0.05, 0) is 49.1 Å². The van der Waals surface area contributed by atoms with Crippen LogP contribution in [0.2, 0.25) is 0 Å². The van der Waals surface area contributed by atoms with Crippen molar-refractivity contribution >= 4 is 25.1 Å². The summed E-state index contributed by atoms with van der Waals surface area (Å²) in [5, 5.41) is 11.4. The molecule has 1 rings (SSSR count). The molecule has 1 unspecified atom stereocenters. The molecule has 0 aromatic heterocycles. The lowest BCUT2D eigenvalue weighted by Gasteiger charge is -2.21. The molecule has 0 radical (unpaired) electrons. The highest BCUT2D eigenvalue weighted by Crippen LogP contribution is 2.49. The Balaban J connectivity index is 2.57. The Morgan fingerprint density at radius 2 is 2.00 bits per heavy atom. The molecule has 140 valence electrons. The van der Waals surface area contributed by atoms with E-state index < -0.39 is 13.3 Å². The van der Waals surface area contributed by atoms with Crippen LogP contribution in [-0.2, 0) is 13.9 Å². The maximum absolute atomic E-state index is 12.9. The Kier molecular flexibility index (Phi) is 10.2. The van der Waals surface area contributed by atoms with Gasteiger partial charge in [0, 0.05) is 11.1 Å². The summed E-state index contributed by atoms with van der Waals surface area (Å²) in [7, 11) is -2.98. The van der Waals surface area contributed by atoms with Crippen LogP contribution in [0.15, 0.2) is 46.9 Å². The maximum Gasteiger partial charge on any atom is 0.207 e. The largest absolute Gasteiger partial charge is 0.545 e. The third-order valence-corrected chi connectivity index (χ3v) is 7.37. The molecule has 1 atom stereocenters. The number of aliphatic carboxylic acids is 1. The van der Waals surface area contributed by atoms with Crippen molar-refractivity contribution in [1.82, 2.24) is 0 Å². The zero-order valence-electron chi connectivity index (χ0n) is 15.3. The molecule has 0 spiro atoms. The second-order valence-electron chi connectivity index (χ2n) is 6.29. The fourth-order valence-electron chi connectivity index (χ4n) is 2.49. The second kappa shape index (κ2) is 11.6. The Morgan fingerprint density at radius 1 is 1.32 bits per heavy atom. The topological polar surface area (TPSA) is 66.4 Å². The summed E-state index contributed by atoms with van der Waals surface area (Å²) < 4.78 is 18.3. The van der Waals surface area contributed by atoms with Crippen LogP contribution in [0.3, 0.4) is 0 Å². The van der Waals surface area contributed by atoms with Crippen LogP contribution in [0, 0.1) is 5.92 Å². The molecule has 0 aliphatic rings. The number of carboxylic acids is 1. The number of unbranched alkanes of at least 4 members (excludes halogenated alkanes) is 1. The van der Waals surface area contributed by atoms with Crippen molar-refractivity contribution in [3.63, 3.8) is 0 Å². The van der Waals surface area contributed by atoms with Crippen LogP contribution in [0.4, 0.5) is 0 Å². The lowest BCUT2D eigenvalue weighted by molar-refractivity contribution is -0.299. The van der Waals surface area contributed by atoms with Gasteiger partial charge in [-0.1, -0.05) is 38.1 Å². The lowest BCUT2D eigenvalue weighted by atomic mass is 10.2. The Bertz CT molecular complexity index is 599. The van der Waals surface area contributed by atoms with E-state index in [1.807, 2.05) is 32.0 Å². The summed E-state index contributed by atoms with van der Waals surface area (Å²) in [6.07, 6.45) is 3.45. The van der Waals surface area contributed by atoms with Gasteiger partial charge in [-0.15, -0.1) is 11.8 Å². The van der Waals surface area contributed by atoms with Gasteiger partial charge in [-0.2, -0.15) is 0 Å². The predicted molar refractivity (Wildman–Crippen MR) is 103 cm³/mol. The first-order valence-electron chi connectivity index (χ1n) is 8.67. The van der Waals surface area contributed by atoms with E-state index in [1.54, 1.807) is 24.8 Å². The van der Waals surface area contributed by atoms with E-state index in [-0.39, 0.29) is 17.7 Å². The minimum Gasteiger partial charge on any atom is -0.545 e. The summed E-state index contributed by atoms with van der Waals surface area (Å²) in [4.78, 5) is 12.6. The van der Waals surface area contributed by atoms with E-state index in [2.05, 4.69) is 12.1 Å². The van der Waals surface area contributed by atoms with Crippen molar-refractivity contribution in [2.45, 2.75) is 38.5 Å². The molecule has 0 fully saturated rings. The number of benzene rings is 1. The molecule has 0 aliphatic heterocycles. The molecule has 0 bridgehead atoms. The van der Waals surface area contributed by atoms with Crippen molar-refractivity contribution in [1.29, 1.82) is 0 Å². The lowest BCUT2D eigenvalue weighted by Crippen LogP contribution is -2.27. The highest BCUT2D eigenvalue weighted by molar-refractivity contribution is 7.99. The molecule has 0 amide bonds. The van der Waals surface area contributed by atoms with Gasteiger partial charge in [0.1, 0.15) is 0 Å². The number of hydrogen-bond acceptors (Lipinski definition) is 5. The minimum absolute atomic E-state index is 0.0484. The first-order chi connectivity index (χ1) is 11.9. The Morgan fingerprint density at radius 3 is 2.56 bits per heavy atom. The van der Waals surface area contributed by atoms with Gasteiger partial charge in [0.2, 0.25) is 7.37 Å². The molecule has 0 aliphatic carbocycles. The van der Waals surface area contributed by atoms with Gasteiger partial charge in [-0.3, -0.25) is 4.57 Å². The summed E-state index contributed by atoms with van der Waals surface area (Å²) >= 11 is 1.74. The quantitative estimate of drug-likeness (QED) is 0.234. The van der Waals surface area contributed by atoms with Crippen LogP contribution in [-0.4, -0.2) is 30.7 Å². The summed E-state index contributed by atoms with van der Waals surface area (Å²) in [6, 6.07) is 10.1. The monoisotopic (exact) mass is 383 g/mol. The molecular formula is C19H28O4PS-. The highest BCUT2D eigenvalue weighted by atomic mass is 32.2. The maximum atomic E-state index is 12.9. The van der Waals surface area contributed by atoms with Gasteiger partial charge < -0.3 is 14.4 Å². The molecular weight excluding hydrogens is 355 g/mol. The molecule has 4 nitrogen and oxygen atoms in total. The van der Waals surface area contributed by atoms with Crippen molar-refractivity contribution in [2.75, 3.05) is 24.7 Å². The van der Waals surface area contributed by atoms with Crippen LogP contribution >= 0.6 is 19.1 Å². The number of rotatable bonds is 12. The van der Waals surface area contributed by atoms with Crippen molar-refractivity contribution in [3.05, 3.63) is 42.0 Å². The standard InChI is InChI=1S/C19H29O4PS/c1-4-23-24(22,14-16(2)3)15-17(19(20)21)10-8-9-13-25-18-11-6-5-7-12-18/h5-7,10-12,16H,4,8-9,13-15H2,1-3H3,(H,20,21)/p-1/b17-10+. The number of allylic oxidation sites excluding steroid dienone is 1. The molecule has 0 N–H and O–H groups in total. The number of carboxylic acid groups (broad SMARTS) is 1. The van der Waals surface area contributed by atoms with Crippen LogP contribution in [0.5, 0.6) is 0 Å². The summed E-state index contributed by atoms with van der Waals surface area (Å²) in [6.45, 7) is 6.00. The third kappa shape index (κ3) is 9.29. The summed E-state index contributed by atoms with van der Waals surface area (Å²) in [5.74, 6) is -0.169. The zero-order valence-corrected chi connectivity index (χ0v) is 17.0. The first-order valence-corrected chi connectivity index (χ1v) is 11.6. The number of carbonyl (C=O) groups excluding carboxylic acids is 1. The van der Waals surface area contributed by atoms with Gasteiger partial charge in [0.25, 0.3) is 0 Å². The Hall–Kier alpha value is -1.03. The average molecular weight is 383 g/mol. The molecule has 6 heteroatoms. The van der Waals surface area contributed by atoms with E-state index >= 15 is 0 Å². The number of hydrogen-bond donors (Lipinski definition) is 0. The van der Waals surface area contributed by atoms with Crippen molar-refractivity contribution < 1.29 is 19.0 Å². The van der Waals surface area contributed by atoms with E-state index in [1.165, 1.54) is 4.90 Å². The van der Waals surface area contributed by atoms with Crippen LogP contribution in [0.1, 0.15) is 33.6 Å². The molecule has 1 aromatic rings. The Labute approximate surface area is 155 Å². The normalized spacial score (nSPS) is 14.5. The average Bonchev–Trinajstić information content (AvgIpc) is 2.53. The molecule has 0 saturated carbocycles. The predicted octanol–water partition coefficient (Wildman–Crippen LogP) is 4.21. The van der Waals surface area contributed by atoms with Gasteiger partial charge in [-0.25, -0.2) is 0 Å². The smallest absolute Gasteiger partial charge is 0.207 e. The number of carbonyl (C=O) groups is 1. The fraction of sp³-hybridized carbons (Fsp3) is 0.526. The van der Waals surface area contributed by atoms with Crippen molar-refractivity contribution in [3.8, 4) is 0 Å². The molecule has 0 saturated heterocycles. The van der Waals surface area contributed by atoms with Gasteiger partial charge in [0.15, 0.2) is 0 Å². The fourth-order valence-corrected chi connectivity index (χ4v) is 6.08. The first kappa shape index (κ1) is 22.0. The third-order valence-electron chi connectivity index (χ3n) is 3.43. The van der Waals surface area contributed by atoms with Gasteiger partial charge in [0.05, 0.1) is 18.7 Å². The SMILES string of the molecule is CCOP(=O)(C/C(=C\CCCSc1ccccc1)C(=O)[O-])CC(C)C. The molecule has 0 heterocycles. The van der Waals surface area contributed by atoms with E-state index in [0.717, 1.165) is 12.2 Å². The zero-order chi connectivity index (χ0) is 18.7. The number of thioether (sulfide) groups is 1. The van der Waals surface area contributed by atoms with Crippen LogP contribution < -0.4 is 5.11 Å². The molecule has 25 heavy (non-hydrogen) atoms. The minimum atomic E-state index is -2.98. The highest BCUT2D eigenvalue weighted by Gasteiger charge is 2.25. The van der Waals surface area contributed by atoms with Crippen molar-refractivity contribution in [2.24, 2.45) is 5.92 Å². The van der Waals surface area contributed by atoms with E-state index in [0.29, 0.717) is 19.2 Å². The second-order valence-corrected chi connectivity index (χ2v) is 10.0. The van der Waals surface area contributed by atoms with Crippen LogP contribution in [0.25, 0.3) is 0 Å². The summed E-state index contributed by atoms with van der Waals surface area (Å²) in [5.41, 5.74) is 0.0992. The van der Waals surface area contributed by atoms with E-state index in [9.17, 15) is 14.5 Å². The molecule has 1 aromatic carbocycles. The van der Waals surface area contributed by atoms with E-state index in [4.69, 9.17) is 4.52 Å². The van der Waals surface area contributed by atoms with Gasteiger partial charge >= 0.3 is 0 Å².